The summed E-state index contributed by atoms with van der Waals surface area (Å²) in [7, 11) is -3.91. The van der Waals surface area contributed by atoms with Crippen LogP contribution >= 0.6 is 0 Å². The molecule has 0 spiro atoms. The van der Waals surface area contributed by atoms with E-state index in [0.29, 0.717) is 5.69 Å². The molecule has 2 aromatic carbocycles. The van der Waals surface area contributed by atoms with E-state index in [4.69, 9.17) is 10.00 Å². The highest BCUT2D eigenvalue weighted by atomic mass is 32.2. The number of aryl methyl sites for hydroxylation is 2. The zero-order chi connectivity index (χ0) is 23.0. The third kappa shape index (κ3) is 6.91. The van der Waals surface area contributed by atoms with Crippen molar-refractivity contribution < 1.29 is 22.7 Å². The van der Waals surface area contributed by atoms with Gasteiger partial charge in [-0.05, 0) is 56.2 Å². The minimum atomic E-state index is -3.91. The van der Waals surface area contributed by atoms with Crippen molar-refractivity contribution >= 4 is 27.6 Å². The summed E-state index contributed by atoms with van der Waals surface area (Å²) < 4.78 is 32.0. The molecule has 0 aliphatic rings. The minimum absolute atomic E-state index is 0.0169. The van der Waals surface area contributed by atoms with Gasteiger partial charge in [-0.25, -0.2) is 8.42 Å². The molecule has 0 radical (unpaired) electrons. The number of nitriles is 1. The fourth-order valence-corrected chi connectivity index (χ4v) is 4.16. The van der Waals surface area contributed by atoms with Crippen LogP contribution in [0.15, 0.2) is 53.4 Å². The maximum Gasteiger partial charge on any atom is 0.324 e. The number of benzene rings is 2. The average Bonchev–Trinajstić information content (AvgIpc) is 2.72. The quantitative estimate of drug-likeness (QED) is 0.595. The van der Waals surface area contributed by atoms with Crippen molar-refractivity contribution in [1.82, 2.24) is 4.72 Å². The topological polar surface area (TPSA) is 117 Å². The monoisotopic (exact) mass is 443 g/mol. The van der Waals surface area contributed by atoms with Crippen LogP contribution in [0.25, 0.3) is 0 Å². The van der Waals surface area contributed by atoms with E-state index in [1.165, 1.54) is 24.0 Å². The van der Waals surface area contributed by atoms with Crippen LogP contribution in [0.2, 0.25) is 0 Å². The molecule has 2 rings (SSSR count). The van der Waals surface area contributed by atoms with Gasteiger partial charge < -0.3 is 9.64 Å². The molecule has 0 fully saturated rings. The van der Waals surface area contributed by atoms with Gasteiger partial charge in [0.15, 0.2) is 6.61 Å². The van der Waals surface area contributed by atoms with Gasteiger partial charge in [-0.2, -0.15) is 9.98 Å². The summed E-state index contributed by atoms with van der Waals surface area (Å²) in [6.07, 6.45) is 0.111. The van der Waals surface area contributed by atoms with E-state index in [1.807, 2.05) is 26.0 Å². The highest BCUT2D eigenvalue weighted by Crippen LogP contribution is 2.19. The van der Waals surface area contributed by atoms with Crippen LogP contribution in [0, 0.1) is 25.2 Å². The Balaban J connectivity index is 2.04. The molecule has 0 heterocycles. The van der Waals surface area contributed by atoms with Crippen molar-refractivity contribution in [2.24, 2.45) is 0 Å². The van der Waals surface area contributed by atoms with Gasteiger partial charge >= 0.3 is 5.97 Å². The molecule has 1 N–H and O–H groups in total. The van der Waals surface area contributed by atoms with Crippen molar-refractivity contribution in [3.8, 4) is 6.07 Å². The zero-order valence-corrected chi connectivity index (χ0v) is 18.5. The first-order valence-corrected chi connectivity index (χ1v) is 11.1. The molecular weight excluding hydrogens is 418 g/mol. The summed E-state index contributed by atoms with van der Waals surface area (Å²) in [6.45, 7) is 4.69. The molecule has 0 saturated carbocycles. The van der Waals surface area contributed by atoms with E-state index in [-0.39, 0.29) is 17.9 Å². The molecule has 31 heavy (non-hydrogen) atoms. The lowest BCUT2D eigenvalue weighted by atomic mass is 10.1. The molecule has 1 unspecified atom stereocenters. The predicted octanol–water partition coefficient (Wildman–Crippen LogP) is 2.46. The van der Waals surface area contributed by atoms with Gasteiger partial charge in [0.25, 0.3) is 5.91 Å². The van der Waals surface area contributed by atoms with Crippen molar-refractivity contribution in [2.75, 3.05) is 18.1 Å². The second kappa shape index (κ2) is 10.7. The SMILES string of the molecule is Cc1cc(C)cc(N(CCC#N)C(=O)COC(=O)C(C)NS(=O)(=O)c2ccccc2)c1. The molecular formula is C22H25N3O5S. The number of nitrogens with zero attached hydrogens (tertiary/aromatic N) is 2. The van der Waals surface area contributed by atoms with Crippen LogP contribution in [-0.2, 0) is 24.3 Å². The van der Waals surface area contributed by atoms with Gasteiger partial charge in [0, 0.05) is 12.2 Å². The number of sulfonamides is 1. The Morgan fingerprint density at radius 3 is 2.32 bits per heavy atom. The number of amides is 1. The Bertz CT molecular complexity index is 1060. The molecule has 8 nitrogen and oxygen atoms in total. The molecule has 0 saturated heterocycles. The summed E-state index contributed by atoms with van der Waals surface area (Å²) in [5, 5.41) is 8.91. The van der Waals surface area contributed by atoms with Crippen LogP contribution in [0.3, 0.4) is 0 Å². The molecule has 0 aliphatic heterocycles. The summed E-state index contributed by atoms with van der Waals surface area (Å²) >= 11 is 0. The first-order valence-electron chi connectivity index (χ1n) is 9.63. The number of nitrogens with one attached hydrogen (secondary N) is 1. The lowest BCUT2D eigenvalue weighted by Crippen LogP contribution is -2.41. The van der Waals surface area contributed by atoms with Gasteiger partial charge in [-0.1, -0.05) is 24.3 Å². The number of anilines is 1. The lowest BCUT2D eigenvalue weighted by molar-refractivity contribution is -0.149. The van der Waals surface area contributed by atoms with Gasteiger partial charge in [0.2, 0.25) is 10.0 Å². The zero-order valence-electron chi connectivity index (χ0n) is 17.7. The maximum absolute atomic E-state index is 12.7. The van der Waals surface area contributed by atoms with Crippen LogP contribution in [0.4, 0.5) is 5.69 Å². The fourth-order valence-electron chi connectivity index (χ4n) is 2.95. The highest BCUT2D eigenvalue weighted by Gasteiger charge is 2.25. The van der Waals surface area contributed by atoms with E-state index in [2.05, 4.69) is 4.72 Å². The Kier molecular flexibility index (Phi) is 8.30. The molecule has 1 atom stereocenters. The minimum Gasteiger partial charge on any atom is -0.454 e. The normalized spacial score (nSPS) is 11.9. The van der Waals surface area contributed by atoms with Crippen LogP contribution in [-0.4, -0.2) is 39.5 Å². The number of carbonyl (C=O) groups is 2. The number of esters is 1. The lowest BCUT2D eigenvalue weighted by Gasteiger charge is -2.23. The van der Waals surface area contributed by atoms with Crippen LogP contribution in [0.1, 0.15) is 24.5 Å². The summed E-state index contributed by atoms with van der Waals surface area (Å²) in [5.74, 6) is -1.39. The first kappa shape index (κ1) is 24.1. The number of ether oxygens (including phenoxy) is 1. The number of rotatable bonds is 9. The van der Waals surface area contributed by atoms with Gasteiger partial charge in [-0.3, -0.25) is 9.59 Å². The van der Waals surface area contributed by atoms with E-state index in [9.17, 15) is 18.0 Å². The highest BCUT2D eigenvalue weighted by molar-refractivity contribution is 7.89. The molecule has 0 aromatic heterocycles. The Morgan fingerprint density at radius 1 is 1.13 bits per heavy atom. The Morgan fingerprint density at radius 2 is 1.74 bits per heavy atom. The van der Waals surface area contributed by atoms with Crippen molar-refractivity contribution in [2.45, 2.75) is 38.1 Å². The third-order valence-corrected chi connectivity index (χ3v) is 5.90. The molecule has 164 valence electrons. The molecule has 2 aromatic rings. The first-order chi connectivity index (χ1) is 14.6. The predicted molar refractivity (Wildman–Crippen MR) is 116 cm³/mol. The molecule has 0 bridgehead atoms. The number of hydrogen-bond acceptors (Lipinski definition) is 6. The summed E-state index contributed by atoms with van der Waals surface area (Å²) in [6, 6.07) is 14.0. The molecule has 1 amide bonds. The maximum atomic E-state index is 12.7. The fraction of sp³-hybridized carbons (Fsp3) is 0.318. The molecule has 9 heteroatoms. The number of carbonyl (C=O) groups excluding carboxylic acids is 2. The van der Waals surface area contributed by atoms with Crippen LogP contribution in [0.5, 0.6) is 0 Å². The smallest absolute Gasteiger partial charge is 0.324 e. The number of hydrogen-bond donors (Lipinski definition) is 1. The van der Waals surface area contributed by atoms with E-state index in [0.717, 1.165) is 11.1 Å². The second-order valence-electron chi connectivity index (χ2n) is 7.06. The van der Waals surface area contributed by atoms with E-state index in [1.54, 1.807) is 30.3 Å². The van der Waals surface area contributed by atoms with Crippen molar-refractivity contribution in [3.05, 3.63) is 59.7 Å². The Hall–Kier alpha value is -3.22. The van der Waals surface area contributed by atoms with E-state index < -0.39 is 34.5 Å². The van der Waals surface area contributed by atoms with E-state index >= 15 is 0 Å². The average molecular weight is 444 g/mol. The molecule has 0 aliphatic carbocycles. The van der Waals surface area contributed by atoms with Crippen LogP contribution < -0.4 is 9.62 Å². The van der Waals surface area contributed by atoms with Gasteiger partial charge in [-0.15, -0.1) is 0 Å². The summed E-state index contributed by atoms with van der Waals surface area (Å²) in [4.78, 5) is 26.4. The third-order valence-electron chi connectivity index (χ3n) is 4.34. The summed E-state index contributed by atoms with van der Waals surface area (Å²) in [5.41, 5.74) is 2.50. The Labute approximate surface area is 182 Å². The largest absolute Gasteiger partial charge is 0.454 e. The second-order valence-corrected chi connectivity index (χ2v) is 8.78. The standard InChI is InChI=1S/C22H25N3O5S/c1-16-12-17(2)14-19(13-16)25(11-7-10-23)21(26)15-30-22(27)18(3)24-31(28,29)20-8-5-4-6-9-20/h4-6,8-9,12-14,18,24H,7,11,15H2,1-3H3. The van der Waals surface area contributed by atoms with Gasteiger partial charge in [0.1, 0.15) is 6.04 Å². The van der Waals surface area contributed by atoms with Crippen molar-refractivity contribution in [3.63, 3.8) is 0 Å². The van der Waals surface area contributed by atoms with Crippen molar-refractivity contribution in [1.29, 1.82) is 5.26 Å². The van der Waals surface area contributed by atoms with Gasteiger partial charge in [0.05, 0.1) is 17.4 Å².